The molecule has 0 radical (unpaired) electrons. The van der Waals surface area contributed by atoms with Gasteiger partial charge in [0.15, 0.2) is 0 Å². The Morgan fingerprint density at radius 1 is 1.48 bits per heavy atom. The fourth-order valence-corrected chi connectivity index (χ4v) is 4.12. The largest absolute Gasteiger partial charge is 0.341 e. The first-order valence-corrected chi connectivity index (χ1v) is 9.05. The van der Waals surface area contributed by atoms with E-state index < -0.39 is 0 Å². The summed E-state index contributed by atoms with van der Waals surface area (Å²) in [5, 5.41) is 3.17. The third-order valence-electron chi connectivity index (χ3n) is 3.87. The number of hydrogen-bond donors (Lipinski definition) is 1. The fraction of sp³-hybridized carbons (Fsp3) is 0.600. The van der Waals surface area contributed by atoms with Crippen molar-refractivity contribution in [3.05, 3.63) is 20.8 Å². The number of piperidine rings is 1. The molecule has 2 heterocycles. The monoisotopic (exact) mass is 423 g/mol. The average Bonchev–Trinajstić information content (AvgIpc) is 2.93. The van der Waals surface area contributed by atoms with Gasteiger partial charge in [0.1, 0.15) is 0 Å². The van der Waals surface area contributed by atoms with Crippen molar-refractivity contribution in [3.8, 4) is 0 Å². The summed E-state index contributed by atoms with van der Waals surface area (Å²) in [7, 11) is 3.62. The molecule has 2 amide bonds. The van der Waals surface area contributed by atoms with Gasteiger partial charge in [-0.25, -0.2) is 0 Å². The predicted molar refractivity (Wildman–Crippen MR) is 99.5 cm³/mol. The lowest BCUT2D eigenvalue weighted by molar-refractivity contribution is -0.133. The van der Waals surface area contributed by atoms with Crippen molar-refractivity contribution in [1.82, 2.24) is 15.1 Å². The Morgan fingerprint density at radius 3 is 2.83 bits per heavy atom. The zero-order valence-electron chi connectivity index (χ0n) is 13.4. The standard InChI is InChI=1S/C15H22BrN3O2S.ClH/c1-17-8-11-4-3-7-19(9-11)14(20)10-18(2)15(21)12-5-6-13(16)22-12;/h5-6,11,17H,3-4,7-10H2,1-2H3;1H. The fourth-order valence-electron chi connectivity index (χ4n) is 2.74. The zero-order valence-corrected chi connectivity index (χ0v) is 16.6. The van der Waals surface area contributed by atoms with Gasteiger partial charge in [-0.1, -0.05) is 0 Å². The number of nitrogens with one attached hydrogen (secondary N) is 1. The van der Waals surface area contributed by atoms with Crippen LogP contribution < -0.4 is 5.32 Å². The molecule has 0 saturated carbocycles. The second-order valence-electron chi connectivity index (χ2n) is 5.67. The van der Waals surface area contributed by atoms with Gasteiger partial charge in [0, 0.05) is 20.1 Å². The van der Waals surface area contributed by atoms with Crippen molar-refractivity contribution in [2.75, 3.05) is 40.3 Å². The van der Waals surface area contributed by atoms with E-state index in [4.69, 9.17) is 0 Å². The van der Waals surface area contributed by atoms with E-state index in [1.165, 1.54) is 16.2 Å². The molecule has 1 aromatic heterocycles. The van der Waals surface area contributed by atoms with E-state index in [1.807, 2.05) is 18.0 Å². The van der Waals surface area contributed by atoms with Crippen LogP contribution >= 0.6 is 39.7 Å². The molecule has 23 heavy (non-hydrogen) atoms. The summed E-state index contributed by atoms with van der Waals surface area (Å²) >= 11 is 4.74. The van der Waals surface area contributed by atoms with Gasteiger partial charge in [0.2, 0.25) is 5.91 Å². The number of hydrogen-bond acceptors (Lipinski definition) is 4. The van der Waals surface area contributed by atoms with Gasteiger partial charge in [0.05, 0.1) is 15.2 Å². The van der Waals surface area contributed by atoms with Crippen LogP contribution in [0.4, 0.5) is 0 Å². The van der Waals surface area contributed by atoms with Crippen molar-refractivity contribution in [1.29, 1.82) is 0 Å². The molecule has 2 rings (SSSR count). The van der Waals surface area contributed by atoms with Crippen molar-refractivity contribution < 1.29 is 9.59 Å². The van der Waals surface area contributed by atoms with Crippen LogP contribution in [0.3, 0.4) is 0 Å². The quantitative estimate of drug-likeness (QED) is 0.790. The minimum Gasteiger partial charge on any atom is -0.341 e. The Morgan fingerprint density at radius 2 is 2.22 bits per heavy atom. The maximum Gasteiger partial charge on any atom is 0.264 e. The minimum absolute atomic E-state index is 0. The number of thiophene rings is 1. The molecule has 1 saturated heterocycles. The highest BCUT2D eigenvalue weighted by Crippen LogP contribution is 2.23. The topological polar surface area (TPSA) is 52.7 Å². The van der Waals surface area contributed by atoms with Gasteiger partial charge < -0.3 is 15.1 Å². The van der Waals surface area contributed by atoms with E-state index >= 15 is 0 Å². The Bertz CT molecular complexity index is 539. The summed E-state index contributed by atoms with van der Waals surface area (Å²) in [6, 6.07) is 3.63. The molecule has 1 fully saturated rings. The maximum atomic E-state index is 12.4. The van der Waals surface area contributed by atoms with Gasteiger partial charge >= 0.3 is 0 Å². The molecule has 1 aliphatic rings. The molecule has 8 heteroatoms. The summed E-state index contributed by atoms with van der Waals surface area (Å²) < 4.78 is 0.918. The molecule has 130 valence electrons. The van der Waals surface area contributed by atoms with E-state index in [1.54, 1.807) is 13.1 Å². The Labute approximate surface area is 155 Å². The molecule has 1 unspecified atom stereocenters. The highest BCUT2D eigenvalue weighted by atomic mass is 79.9. The van der Waals surface area contributed by atoms with Crippen LogP contribution in [0.1, 0.15) is 22.5 Å². The van der Waals surface area contributed by atoms with Crippen LogP contribution in [-0.4, -0.2) is 61.9 Å². The zero-order chi connectivity index (χ0) is 16.1. The van der Waals surface area contributed by atoms with Crippen molar-refractivity contribution in [3.63, 3.8) is 0 Å². The molecule has 1 aliphatic heterocycles. The van der Waals surface area contributed by atoms with Crippen LogP contribution in [-0.2, 0) is 4.79 Å². The molecular weight excluding hydrogens is 402 g/mol. The second kappa shape index (κ2) is 9.61. The third kappa shape index (κ3) is 5.74. The Balaban J connectivity index is 0.00000264. The highest BCUT2D eigenvalue weighted by Gasteiger charge is 2.25. The summed E-state index contributed by atoms with van der Waals surface area (Å²) in [6.07, 6.45) is 2.19. The molecule has 1 N–H and O–H groups in total. The highest BCUT2D eigenvalue weighted by molar-refractivity contribution is 9.11. The van der Waals surface area contributed by atoms with Crippen LogP contribution in [0.25, 0.3) is 0 Å². The molecule has 0 bridgehead atoms. The maximum absolute atomic E-state index is 12.4. The third-order valence-corrected chi connectivity index (χ3v) is 5.48. The first-order valence-electron chi connectivity index (χ1n) is 7.44. The Hall–Kier alpha value is -0.630. The smallest absolute Gasteiger partial charge is 0.264 e. The summed E-state index contributed by atoms with van der Waals surface area (Å²) in [4.78, 5) is 28.7. The number of carbonyl (C=O) groups is 2. The van der Waals surface area contributed by atoms with Crippen molar-refractivity contribution in [2.45, 2.75) is 12.8 Å². The number of carbonyl (C=O) groups excluding carboxylic acids is 2. The molecule has 5 nitrogen and oxygen atoms in total. The van der Waals surface area contributed by atoms with Crippen LogP contribution in [0.5, 0.6) is 0 Å². The van der Waals surface area contributed by atoms with Gasteiger partial charge in [0.25, 0.3) is 5.91 Å². The molecule has 0 aromatic carbocycles. The molecule has 1 aromatic rings. The Kier molecular flexibility index (Phi) is 8.53. The van der Waals surface area contributed by atoms with Crippen LogP contribution in [0, 0.1) is 5.92 Å². The number of likely N-dealkylation sites (N-methyl/N-ethyl adjacent to an activating group) is 1. The van der Waals surface area contributed by atoms with E-state index in [2.05, 4.69) is 21.2 Å². The van der Waals surface area contributed by atoms with Crippen molar-refractivity contribution >= 4 is 51.5 Å². The lowest BCUT2D eigenvalue weighted by Gasteiger charge is -2.33. The SMILES string of the molecule is CNCC1CCCN(C(=O)CN(C)C(=O)c2ccc(Br)s2)C1.Cl. The van der Waals surface area contributed by atoms with Gasteiger partial charge in [-0.15, -0.1) is 23.7 Å². The van der Waals surface area contributed by atoms with Crippen molar-refractivity contribution in [2.24, 2.45) is 5.92 Å². The summed E-state index contributed by atoms with van der Waals surface area (Å²) in [5.74, 6) is 0.442. The number of rotatable bonds is 5. The first-order chi connectivity index (χ1) is 10.5. The summed E-state index contributed by atoms with van der Waals surface area (Å²) in [5.41, 5.74) is 0. The van der Waals surface area contributed by atoms with Gasteiger partial charge in [-0.05, 0) is 60.4 Å². The van der Waals surface area contributed by atoms with Gasteiger partial charge in [-0.3, -0.25) is 9.59 Å². The minimum atomic E-state index is -0.104. The normalized spacial score (nSPS) is 17.5. The number of likely N-dealkylation sites (tertiary alicyclic amines) is 1. The average molecular weight is 425 g/mol. The van der Waals surface area contributed by atoms with Gasteiger partial charge in [-0.2, -0.15) is 0 Å². The molecule has 0 aliphatic carbocycles. The molecule has 1 atom stereocenters. The van der Waals surface area contributed by atoms with Crippen LogP contribution in [0.15, 0.2) is 15.9 Å². The van der Waals surface area contributed by atoms with Crippen LogP contribution in [0.2, 0.25) is 0 Å². The lowest BCUT2D eigenvalue weighted by Crippen LogP contribution is -2.46. The van der Waals surface area contributed by atoms with E-state index in [9.17, 15) is 9.59 Å². The predicted octanol–water partition coefficient (Wildman–Crippen LogP) is 2.46. The van der Waals surface area contributed by atoms with E-state index in [0.717, 1.165) is 36.3 Å². The summed E-state index contributed by atoms with van der Waals surface area (Å²) in [6.45, 7) is 2.65. The van der Waals surface area contributed by atoms with E-state index in [-0.39, 0.29) is 30.8 Å². The first kappa shape index (κ1) is 20.4. The number of nitrogens with zero attached hydrogens (tertiary/aromatic N) is 2. The van der Waals surface area contributed by atoms with E-state index in [0.29, 0.717) is 10.8 Å². The number of amides is 2. The molecular formula is C15H23BrClN3O2S. The molecule has 0 spiro atoms. The second-order valence-corrected chi connectivity index (χ2v) is 8.13. The number of halogens is 2. The lowest BCUT2D eigenvalue weighted by atomic mass is 9.98.